The van der Waals surface area contributed by atoms with Crippen molar-refractivity contribution in [2.24, 2.45) is 28.6 Å². The summed E-state index contributed by atoms with van der Waals surface area (Å²) >= 11 is 0. The van der Waals surface area contributed by atoms with Crippen molar-refractivity contribution < 1.29 is 24.5 Å². The Morgan fingerprint density at radius 1 is 1.08 bits per heavy atom. The Bertz CT molecular complexity index is 2010. The number of hydrogen-bond donors (Lipinski definition) is 3. The molecule has 7 heteroatoms. The molecule has 3 fully saturated rings. The Labute approximate surface area is 302 Å². The summed E-state index contributed by atoms with van der Waals surface area (Å²) in [6, 6.07) is 2.13. The maximum atomic E-state index is 14.9. The van der Waals surface area contributed by atoms with Gasteiger partial charge >= 0.3 is 0 Å². The molecule has 3 saturated carbocycles. The van der Waals surface area contributed by atoms with Crippen LogP contribution in [0.5, 0.6) is 0 Å². The molecule has 2 aliphatic heterocycles. The van der Waals surface area contributed by atoms with Gasteiger partial charge in [-0.1, -0.05) is 45.1 Å². The fraction of sp³-hybridized carbons (Fsp3) is 0.636. The average molecular weight is 693 g/mol. The van der Waals surface area contributed by atoms with Crippen LogP contribution in [0.25, 0.3) is 16.5 Å². The molecular formula is C44H56N2O5. The van der Waals surface area contributed by atoms with E-state index in [1.807, 2.05) is 13.0 Å². The maximum absolute atomic E-state index is 14.9. The van der Waals surface area contributed by atoms with Gasteiger partial charge in [0.15, 0.2) is 5.78 Å². The fourth-order valence-electron chi connectivity index (χ4n) is 13.0. The number of benzene rings is 1. The minimum Gasteiger partial charge on any atom is -0.392 e. The first-order chi connectivity index (χ1) is 23.9. The number of aliphatic hydroxyl groups is 2. The molecule has 7 nitrogen and oxygen atoms in total. The number of Topliss-reactive ketones (excluding diaryl/α,β-unsaturated/α-hetero) is 1. The van der Waals surface area contributed by atoms with Gasteiger partial charge in [-0.2, -0.15) is 0 Å². The van der Waals surface area contributed by atoms with Crippen molar-refractivity contribution in [3.63, 3.8) is 0 Å². The van der Waals surface area contributed by atoms with Gasteiger partial charge in [0.05, 0.1) is 34.5 Å². The predicted molar refractivity (Wildman–Crippen MR) is 199 cm³/mol. The van der Waals surface area contributed by atoms with Crippen molar-refractivity contribution in [2.45, 2.75) is 148 Å². The first-order valence-electron chi connectivity index (χ1n) is 19.6. The highest BCUT2D eigenvalue weighted by atomic mass is 16.5. The standard InChI is InChI=1S/C44H56N2O5/c1-22(2)35-38(50)33-32-25(28-21-40(3,4)51-41(5,6)34(28)37(32)49)20-26-27-19-23-12-15-29-42(7,17-10-11-31(48)45-24-13-14-24)30(47)16-18-43(29,8)44(23,9)39(27)46(35)36(26)33/h10,17,20-21,23-24,29-30,34-35,37,47,49H,1,11-16,18-19H2,2-9H3,(H,45,48)/b17-10+/t23-,29-,30-,34+,35-,37+,42-,43-,44+/m0/s1. The molecule has 2 aromatic rings. The normalized spacial score (nSPS) is 39.7. The first kappa shape index (κ1) is 33.8. The molecule has 3 N–H and O–H groups in total. The van der Waals surface area contributed by atoms with Gasteiger partial charge in [-0.15, -0.1) is 0 Å². The number of allylic oxidation sites excluding steroid dienone is 1. The molecule has 7 aliphatic rings. The Morgan fingerprint density at radius 3 is 2.49 bits per heavy atom. The summed E-state index contributed by atoms with van der Waals surface area (Å²) in [7, 11) is 0. The molecule has 9 rings (SSSR count). The molecule has 3 heterocycles. The second-order valence-corrected chi connectivity index (χ2v) is 19.3. The van der Waals surface area contributed by atoms with Gasteiger partial charge in [-0.25, -0.2) is 0 Å². The zero-order valence-corrected chi connectivity index (χ0v) is 31.8. The molecule has 0 radical (unpaired) electrons. The van der Waals surface area contributed by atoms with E-state index in [4.69, 9.17) is 4.74 Å². The van der Waals surface area contributed by atoms with Crippen molar-refractivity contribution in [3.8, 4) is 0 Å². The van der Waals surface area contributed by atoms with Gasteiger partial charge in [-0.3, -0.25) is 9.59 Å². The van der Waals surface area contributed by atoms with E-state index in [0.717, 1.165) is 71.7 Å². The van der Waals surface area contributed by atoms with Gasteiger partial charge in [0.25, 0.3) is 0 Å². The lowest BCUT2D eigenvalue weighted by Crippen LogP contribution is -2.62. The molecule has 9 atom stereocenters. The summed E-state index contributed by atoms with van der Waals surface area (Å²) in [5, 5.41) is 28.2. The number of aliphatic hydroxyl groups excluding tert-OH is 2. The Hall–Kier alpha value is -3.00. The van der Waals surface area contributed by atoms with Crippen LogP contribution in [0.3, 0.4) is 0 Å². The summed E-state index contributed by atoms with van der Waals surface area (Å²) in [4.78, 5) is 27.5. The third-order valence-corrected chi connectivity index (χ3v) is 15.3. The number of fused-ring (bicyclic) bond motifs is 11. The third-order valence-electron chi connectivity index (χ3n) is 15.3. The molecule has 272 valence electrons. The number of carbonyl (C=O) groups excluding carboxylic acids is 2. The van der Waals surface area contributed by atoms with Gasteiger partial charge in [0.1, 0.15) is 6.04 Å². The van der Waals surface area contributed by atoms with Crippen molar-refractivity contribution in [3.05, 3.63) is 64.4 Å². The smallest absolute Gasteiger partial charge is 0.224 e. The largest absolute Gasteiger partial charge is 0.392 e. The lowest BCUT2D eigenvalue weighted by atomic mass is 9.40. The monoisotopic (exact) mass is 692 g/mol. The number of ketones is 1. The van der Waals surface area contributed by atoms with Crippen LogP contribution < -0.4 is 5.32 Å². The van der Waals surface area contributed by atoms with E-state index in [2.05, 4.69) is 83.1 Å². The Balaban J connectivity index is 1.22. The molecule has 1 aromatic heterocycles. The lowest BCUT2D eigenvalue weighted by molar-refractivity contribution is -0.145. The van der Waals surface area contributed by atoms with Gasteiger partial charge in [-0.05, 0) is 126 Å². The zero-order chi connectivity index (χ0) is 36.4. The van der Waals surface area contributed by atoms with Gasteiger partial charge in [0.2, 0.25) is 5.91 Å². The summed E-state index contributed by atoms with van der Waals surface area (Å²) in [5.41, 5.74) is 5.92. The summed E-state index contributed by atoms with van der Waals surface area (Å²) in [5.74, 6) is 0.433. The van der Waals surface area contributed by atoms with Gasteiger partial charge in [0, 0.05) is 45.9 Å². The molecule has 0 bridgehead atoms. The van der Waals surface area contributed by atoms with E-state index in [1.54, 1.807) is 0 Å². The van der Waals surface area contributed by atoms with Crippen LogP contribution >= 0.6 is 0 Å². The average Bonchev–Trinajstić information content (AvgIpc) is 3.50. The van der Waals surface area contributed by atoms with Crippen LogP contribution in [-0.2, 0) is 21.4 Å². The fourth-order valence-corrected chi connectivity index (χ4v) is 13.0. The molecular weight excluding hydrogens is 636 g/mol. The maximum Gasteiger partial charge on any atom is 0.224 e. The molecule has 51 heavy (non-hydrogen) atoms. The van der Waals surface area contributed by atoms with Crippen LogP contribution in [0.4, 0.5) is 0 Å². The minimum atomic E-state index is -0.846. The highest BCUT2D eigenvalue weighted by Gasteiger charge is 2.67. The van der Waals surface area contributed by atoms with Crippen LogP contribution in [0.1, 0.15) is 145 Å². The zero-order valence-electron chi connectivity index (χ0n) is 31.8. The number of amides is 1. The number of carbonyl (C=O) groups is 2. The molecule has 1 aromatic carbocycles. The van der Waals surface area contributed by atoms with Crippen LogP contribution in [0.2, 0.25) is 0 Å². The lowest BCUT2D eigenvalue weighted by Gasteiger charge is -2.64. The summed E-state index contributed by atoms with van der Waals surface area (Å²) in [6.07, 6.45) is 12.1. The SMILES string of the molecule is C=C(C)[C@H]1C(=O)c2c3c(cc4c5c(n1c24)[C@@]1(C)[C@@H](CC[C@H]2[C@](C)(/C=C/CC(=O)NC4CC4)[C@@H](O)CC[C@@]21C)C5)C1=CC(C)(C)OC(C)(C)[C@H]1[C@@H]3O. The van der Waals surface area contributed by atoms with Crippen LogP contribution in [0.15, 0.2) is 36.4 Å². The van der Waals surface area contributed by atoms with Gasteiger partial charge < -0.3 is 24.8 Å². The molecule has 5 aliphatic carbocycles. The summed E-state index contributed by atoms with van der Waals surface area (Å²) in [6.45, 7) is 21.8. The first-order valence-corrected chi connectivity index (χ1v) is 19.6. The Kier molecular flexibility index (Phi) is 6.87. The van der Waals surface area contributed by atoms with Crippen molar-refractivity contribution >= 4 is 28.2 Å². The highest BCUT2D eigenvalue weighted by molar-refractivity contribution is 6.18. The number of rotatable bonds is 5. The number of nitrogens with one attached hydrogen (secondary N) is 1. The molecule has 0 spiro atoms. The van der Waals surface area contributed by atoms with E-state index in [9.17, 15) is 19.8 Å². The molecule has 0 unspecified atom stereocenters. The van der Waals surface area contributed by atoms with E-state index in [0.29, 0.717) is 30.4 Å². The predicted octanol–water partition coefficient (Wildman–Crippen LogP) is 7.82. The van der Waals surface area contributed by atoms with Crippen LogP contribution in [0, 0.1) is 28.6 Å². The van der Waals surface area contributed by atoms with Crippen LogP contribution in [-0.4, -0.2) is 49.8 Å². The molecule has 1 amide bonds. The van der Waals surface area contributed by atoms with Crippen molar-refractivity contribution in [2.75, 3.05) is 0 Å². The van der Waals surface area contributed by atoms with Crippen molar-refractivity contribution in [1.82, 2.24) is 9.88 Å². The topological polar surface area (TPSA) is 101 Å². The highest BCUT2D eigenvalue weighted by Crippen LogP contribution is 2.71. The third kappa shape index (κ3) is 4.23. The number of ether oxygens (including phenoxy) is 1. The van der Waals surface area contributed by atoms with E-state index >= 15 is 0 Å². The quantitative estimate of drug-likeness (QED) is 0.278. The van der Waals surface area contributed by atoms with E-state index < -0.39 is 34.9 Å². The second-order valence-electron chi connectivity index (χ2n) is 19.3. The van der Waals surface area contributed by atoms with E-state index in [-0.39, 0.29) is 34.4 Å². The van der Waals surface area contributed by atoms with E-state index in [1.165, 1.54) is 11.3 Å². The minimum absolute atomic E-state index is 0.0410. The number of hydrogen-bond acceptors (Lipinski definition) is 5. The summed E-state index contributed by atoms with van der Waals surface area (Å²) < 4.78 is 8.90. The van der Waals surface area contributed by atoms with Crippen molar-refractivity contribution in [1.29, 1.82) is 0 Å². The number of nitrogens with zero attached hydrogens (tertiary/aromatic N) is 1. The Morgan fingerprint density at radius 2 is 1.80 bits per heavy atom. The second kappa shape index (κ2) is 10.4. The molecule has 0 saturated heterocycles. The number of aromatic nitrogens is 1.